The number of aromatic nitrogens is 2. The van der Waals surface area contributed by atoms with Gasteiger partial charge in [0.2, 0.25) is 5.95 Å². The van der Waals surface area contributed by atoms with E-state index in [9.17, 15) is 4.79 Å². The molecule has 1 heterocycles. The summed E-state index contributed by atoms with van der Waals surface area (Å²) in [5, 5.41) is 0.169. The van der Waals surface area contributed by atoms with Gasteiger partial charge >= 0.3 is 0 Å². The predicted molar refractivity (Wildman–Crippen MR) is 51.9 cm³/mol. The smallest absolute Gasteiger partial charge is 0.268 e. The average Bonchev–Trinajstić information content (AvgIpc) is 1.99. The van der Waals surface area contributed by atoms with E-state index in [-0.39, 0.29) is 15.2 Å². The highest BCUT2D eigenvalue weighted by molar-refractivity contribution is 9.10. The summed E-state index contributed by atoms with van der Waals surface area (Å²) in [7, 11) is 3.53. The molecule has 0 saturated heterocycles. The second-order valence-electron chi connectivity index (χ2n) is 2.39. The lowest BCUT2D eigenvalue weighted by Crippen LogP contribution is -2.19. The van der Waals surface area contributed by atoms with Crippen LogP contribution in [-0.2, 0) is 0 Å². The van der Waals surface area contributed by atoms with E-state index in [0.717, 1.165) is 0 Å². The van der Waals surface area contributed by atoms with Gasteiger partial charge in [-0.25, -0.2) is 4.98 Å². The Kier molecular flexibility index (Phi) is 2.74. The minimum atomic E-state index is -0.279. The largest absolute Gasteiger partial charge is 0.348 e. The first-order chi connectivity index (χ1) is 5.52. The standard InChI is InChI=1S/C6H7BrClN3O/c1-11(2)6-9-4(8)3(7)5(12)10-6/h1-2H3,(H,9,10,12). The molecule has 66 valence electrons. The molecule has 1 aromatic heterocycles. The van der Waals surface area contributed by atoms with Gasteiger partial charge in [-0.05, 0) is 15.9 Å². The number of nitrogens with zero attached hydrogens (tertiary/aromatic N) is 2. The van der Waals surface area contributed by atoms with Gasteiger partial charge in [0, 0.05) is 14.1 Å². The lowest BCUT2D eigenvalue weighted by Gasteiger charge is -2.10. The van der Waals surface area contributed by atoms with Crippen LogP contribution in [0.4, 0.5) is 5.95 Å². The van der Waals surface area contributed by atoms with Crippen LogP contribution in [0.5, 0.6) is 0 Å². The number of halogens is 2. The SMILES string of the molecule is CN(C)c1nc(Cl)c(Br)c(=O)[nH]1. The molecule has 0 saturated carbocycles. The summed E-state index contributed by atoms with van der Waals surface area (Å²) in [6.45, 7) is 0. The Morgan fingerprint density at radius 1 is 1.58 bits per heavy atom. The number of H-pyrrole nitrogens is 1. The zero-order valence-electron chi connectivity index (χ0n) is 6.56. The summed E-state index contributed by atoms with van der Waals surface area (Å²) in [6, 6.07) is 0. The van der Waals surface area contributed by atoms with Crippen molar-refractivity contribution in [2.24, 2.45) is 0 Å². The van der Waals surface area contributed by atoms with E-state index in [0.29, 0.717) is 5.95 Å². The third kappa shape index (κ3) is 1.78. The molecule has 0 amide bonds. The summed E-state index contributed by atoms with van der Waals surface area (Å²) in [5.74, 6) is 0.438. The van der Waals surface area contributed by atoms with Crippen LogP contribution in [-0.4, -0.2) is 24.1 Å². The van der Waals surface area contributed by atoms with Gasteiger partial charge in [-0.3, -0.25) is 9.78 Å². The molecule has 6 heteroatoms. The Labute approximate surface area is 82.7 Å². The maximum Gasteiger partial charge on any atom is 0.268 e. The first kappa shape index (κ1) is 9.54. The van der Waals surface area contributed by atoms with Crippen LogP contribution >= 0.6 is 27.5 Å². The number of rotatable bonds is 1. The molecule has 0 radical (unpaired) electrons. The average molecular weight is 252 g/mol. The van der Waals surface area contributed by atoms with Crippen LogP contribution in [0.1, 0.15) is 0 Å². The van der Waals surface area contributed by atoms with E-state index in [1.54, 1.807) is 19.0 Å². The molecule has 0 atom stereocenters. The monoisotopic (exact) mass is 251 g/mol. The quantitative estimate of drug-likeness (QED) is 0.765. The Hall–Kier alpha value is -0.550. The van der Waals surface area contributed by atoms with Crippen molar-refractivity contribution in [1.82, 2.24) is 9.97 Å². The Bertz CT molecular complexity index is 349. The van der Waals surface area contributed by atoms with Gasteiger partial charge in [0.1, 0.15) is 4.47 Å². The third-order valence-electron chi connectivity index (χ3n) is 1.23. The van der Waals surface area contributed by atoms with Crippen LogP contribution < -0.4 is 10.5 Å². The van der Waals surface area contributed by atoms with Crippen molar-refractivity contribution in [2.75, 3.05) is 19.0 Å². The van der Waals surface area contributed by atoms with E-state index in [4.69, 9.17) is 11.6 Å². The molecule has 0 aliphatic heterocycles. The fraction of sp³-hybridized carbons (Fsp3) is 0.333. The maximum atomic E-state index is 11.1. The highest BCUT2D eigenvalue weighted by atomic mass is 79.9. The number of hydrogen-bond acceptors (Lipinski definition) is 3. The molecule has 0 aliphatic carbocycles. The lowest BCUT2D eigenvalue weighted by atomic mass is 10.6. The van der Waals surface area contributed by atoms with Gasteiger partial charge in [0.25, 0.3) is 5.56 Å². The van der Waals surface area contributed by atoms with E-state index < -0.39 is 0 Å². The molecule has 0 spiro atoms. The minimum Gasteiger partial charge on any atom is -0.348 e. The van der Waals surface area contributed by atoms with Gasteiger partial charge in [-0.1, -0.05) is 11.6 Å². The molecule has 1 rings (SSSR count). The molecule has 0 aromatic carbocycles. The van der Waals surface area contributed by atoms with Crippen molar-refractivity contribution < 1.29 is 0 Å². The van der Waals surface area contributed by atoms with Crippen LogP contribution in [0.2, 0.25) is 5.15 Å². The van der Waals surface area contributed by atoms with Crippen molar-refractivity contribution in [2.45, 2.75) is 0 Å². The molecule has 4 nitrogen and oxygen atoms in total. The molecule has 0 unspecified atom stereocenters. The number of aromatic amines is 1. The first-order valence-electron chi connectivity index (χ1n) is 3.15. The van der Waals surface area contributed by atoms with E-state index >= 15 is 0 Å². The molecular formula is C6H7BrClN3O. The van der Waals surface area contributed by atoms with Crippen LogP contribution in [0.25, 0.3) is 0 Å². The van der Waals surface area contributed by atoms with Crippen molar-refractivity contribution in [3.8, 4) is 0 Å². The van der Waals surface area contributed by atoms with Crippen LogP contribution in [0.15, 0.2) is 9.27 Å². The van der Waals surface area contributed by atoms with Gasteiger partial charge in [0.05, 0.1) is 0 Å². The zero-order chi connectivity index (χ0) is 9.30. The Balaban J connectivity index is 3.31. The van der Waals surface area contributed by atoms with Gasteiger partial charge < -0.3 is 4.90 Å². The summed E-state index contributed by atoms with van der Waals surface area (Å²) in [6.07, 6.45) is 0. The number of anilines is 1. The molecule has 1 N–H and O–H groups in total. The molecule has 0 bridgehead atoms. The predicted octanol–water partition coefficient (Wildman–Crippen LogP) is 1.25. The van der Waals surface area contributed by atoms with E-state index in [2.05, 4.69) is 25.9 Å². The van der Waals surface area contributed by atoms with E-state index in [1.165, 1.54) is 0 Å². The topological polar surface area (TPSA) is 49.0 Å². The van der Waals surface area contributed by atoms with Crippen molar-refractivity contribution in [3.63, 3.8) is 0 Å². The number of hydrogen-bond donors (Lipinski definition) is 1. The summed E-state index contributed by atoms with van der Waals surface area (Å²) < 4.78 is 0.259. The van der Waals surface area contributed by atoms with E-state index in [1.807, 2.05) is 0 Å². The van der Waals surface area contributed by atoms with Crippen molar-refractivity contribution in [1.29, 1.82) is 0 Å². The summed E-state index contributed by atoms with van der Waals surface area (Å²) in [5.41, 5.74) is -0.279. The maximum absolute atomic E-state index is 11.1. The van der Waals surface area contributed by atoms with Crippen molar-refractivity contribution >= 4 is 33.5 Å². The zero-order valence-corrected chi connectivity index (χ0v) is 8.90. The molecule has 1 aromatic rings. The molecule has 0 fully saturated rings. The third-order valence-corrected chi connectivity index (χ3v) is 2.47. The second-order valence-corrected chi connectivity index (χ2v) is 3.54. The van der Waals surface area contributed by atoms with Crippen molar-refractivity contribution in [3.05, 3.63) is 20.0 Å². The second kappa shape index (κ2) is 3.45. The highest BCUT2D eigenvalue weighted by Gasteiger charge is 2.06. The lowest BCUT2D eigenvalue weighted by molar-refractivity contribution is 0.974. The van der Waals surface area contributed by atoms with Gasteiger partial charge in [-0.2, -0.15) is 0 Å². The fourth-order valence-corrected chi connectivity index (χ4v) is 0.986. The van der Waals surface area contributed by atoms with Gasteiger partial charge in [-0.15, -0.1) is 0 Å². The van der Waals surface area contributed by atoms with Gasteiger partial charge in [0.15, 0.2) is 5.15 Å². The molecular weight excluding hydrogens is 245 g/mol. The van der Waals surface area contributed by atoms with Crippen LogP contribution in [0, 0.1) is 0 Å². The molecule has 0 aliphatic rings. The normalized spacial score (nSPS) is 10.0. The Morgan fingerprint density at radius 2 is 2.17 bits per heavy atom. The fourth-order valence-electron chi connectivity index (χ4n) is 0.632. The van der Waals surface area contributed by atoms with Crippen LogP contribution in [0.3, 0.4) is 0 Å². The Morgan fingerprint density at radius 3 is 2.58 bits per heavy atom. The summed E-state index contributed by atoms with van der Waals surface area (Å²) >= 11 is 8.66. The minimum absolute atomic E-state index is 0.169. The summed E-state index contributed by atoms with van der Waals surface area (Å²) in [4.78, 5) is 19.2. The first-order valence-corrected chi connectivity index (χ1v) is 4.32. The highest BCUT2D eigenvalue weighted by Crippen LogP contribution is 2.16. The number of nitrogens with one attached hydrogen (secondary N) is 1. The molecule has 12 heavy (non-hydrogen) atoms.